The molecule has 3 aromatic carbocycles. The van der Waals surface area contributed by atoms with Crippen molar-refractivity contribution in [1.29, 1.82) is 0 Å². The van der Waals surface area contributed by atoms with Gasteiger partial charge in [-0.25, -0.2) is 4.79 Å². The van der Waals surface area contributed by atoms with Crippen LogP contribution in [0.25, 0.3) is 21.8 Å². The molecule has 0 saturated carbocycles. The van der Waals surface area contributed by atoms with Gasteiger partial charge in [0.2, 0.25) is 5.91 Å². The molecule has 0 saturated heterocycles. The van der Waals surface area contributed by atoms with Crippen LogP contribution in [0.1, 0.15) is 89.0 Å². The number of hydrogen-bond donors (Lipinski definition) is 1. The maximum absolute atomic E-state index is 12.2. The van der Waals surface area contributed by atoms with Gasteiger partial charge in [0, 0.05) is 52.4 Å². The van der Waals surface area contributed by atoms with E-state index in [4.69, 9.17) is 4.74 Å². The Balaban J connectivity index is 1.25. The van der Waals surface area contributed by atoms with Crippen LogP contribution in [0, 0.1) is 0 Å². The van der Waals surface area contributed by atoms with Gasteiger partial charge >= 0.3 is 5.97 Å². The highest BCUT2D eigenvalue weighted by atomic mass is 16.5. The van der Waals surface area contributed by atoms with Gasteiger partial charge in [-0.1, -0.05) is 31.4 Å². The van der Waals surface area contributed by atoms with Gasteiger partial charge < -0.3 is 14.6 Å². The maximum atomic E-state index is 12.2. The summed E-state index contributed by atoms with van der Waals surface area (Å²) in [7, 11) is 1.35. The molecule has 0 fully saturated rings. The summed E-state index contributed by atoms with van der Waals surface area (Å²) in [4.78, 5) is 47.7. The van der Waals surface area contributed by atoms with Crippen molar-refractivity contribution in [3.63, 3.8) is 0 Å². The molecule has 40 heavy (non-hydrogen) atoms. The Bertz CT molecular complexity index is 1480. The van der Waals surface area contributed by atoms with Crippen molar-refractivity contribution in [1.82, 2.24) is 9.88 Å². The summed E-state index contributed by atoms with van der Waals surface area (Å²) in [5.41, 5.74) is 4.89. The minimum Gasteiger partial charge on any atom is -0.465 e. The summed E-state index contributed by atoms with van der Waals surface area (Å²) in [6.07, 6.45) is 5.40. The SMILES string of the molecule is COC(=O)c1ccc(CNC(=O)CCCCCCCn2c3ccc(C(C)=O)cc3c3cc(C(C)=O)ccc32)cc1. The molecule has 0 aliphatic heterocycles. The molecule has 0 atom stereocenters. The molecule has 4 rings (SSSR count). The van der Waals surface area contributed by atoms with Crippen LogP contribution in [-0.2, 0) is 22.6 Å². The van der Waals surface area contributed by atoms with Crippen molar-refractivity contribution in [3.05, 3.63) is 82.9 Å². The minimum atomic E-state index is -0.378. The van der Waals surface area contributed by atoms with Crippen LogP contribution >= 0.6 is 0 Å². The fraction of sp³-hybridized carbons (Fsp3) is 0.333. The minimum absolute atomic E-state index is 0.0218. The molecule has 1 heterocycles. The van der Waals surface area contributed by atoms with Crippen molar-refractivity contribution in [3.8, 4) is 0 Å². The number of nitrogens with one attached hydrogen (secondary N) is 1. The zero-order chi connectivity index (χ0) is 28.6. The number of ether oxygens (including phenoxy) is 1. The predicted octanol–water partition coefficient (Wildman–Crippen LogP) is 6.64. The first-order valence-electron chi connectivity index (χ1n) is 13.8. The van der Waals surface area contributed by atoms with Gasteiger partial charge in [0.15, 0.2) is 11.6 Å². The number of fused-ring (bicyclic) bond motifs is 3. The number of aromatic nitrogens is 1. The van der Waals surface area contributed by atoms with Gasteiger partial charge in [0.1, 0.15) is 0 Å². The van der Waals surface area contributed by atoms with Gasteiger partial charge in [-0.2, -0.15) is 0 Å². The highest BCUT2D eigenvalue weighted by molar-refractivity contribution is 6.12. The molecule has 0 aliphatic carbocycles. The molecule has 7 nitrogen and oxygen atoms in total. The third kappa shape index (κ3) is 6.84. The number of aryl methyl sites for hydroxylation is 1. The standard InChI is InChI=1S/C33H36N2O5/c1-22(36)26-14-16-30-28(19-26)29-20-27(23(2)37)15-17-31(29)35(30)18-8-6-4-5-7-9-32(38)34-21-24-10-12-25(13-11-24)33(39)40-3/h10-17,19-20H,4-9,18,21H2,1-3H3,(H,34,38). The molecule has 7 heteroatoms. The van der Waals surface area contributed by atoms with Crippen molar-refractivity contribution in [2.75, 3.05) is 7.11 Å². The fourth-order valence-corrected chi connectivity index (χ4v) is 5.03. The third-order valence-corrected chi connectivity index (χ3v) is 7.33. The molecule has 1 amide bonds. The van der Waals surface area contributed by atoms with E-state index in [-0.39, 0.29) is 23.4 Å². The van der Waals surface area contributed by atoms with E-state index in [1.54, 1.807) is 26.0 Å². The first-order valence-corrected chi connectivity index (χ1v) is 13.8. The Morgan fingerprint density at radius 3 is 1.77 bits per heavy atom. The smallest absolute Gasteiger partial charge is 0.337 e. The predicted molar refractivity (Wildman–Crippen MR) is 157 cm³/mol. The summed E-state index contributed by atoms with van der Waals surface area (Å²) in [5, 5.41) is 4.93. The second kappa shape index (κ2) is 13.2. The quantitative estimate of drug-likeness (QED) is 0.116. The van der Waals surface area contributed by atoms with E-state index in [0.717, 1.165) is 66.0 Å². The van der Waals surface area contributed by atoms with Crippen molar-refractivity contribution in [2.45, 2.75) is 65.5 Å². The van der Waals surface area contributed by atoms with Crippen molar-refractivity contribution >= 4 is 45.2 Å². The number of methoxy groups -OCH3 is 1. The number of benzene rings is 3. The highest BCUT2D eigenvalue weighted by Gasteiger charge is 2.14. The third-order valence-electron chi connectivity index (χ3n) is 7.33. The Hall–Kier alpha value is -4.26. The Morgan fingerprint density at radius 1 is 0.700 bits per heavy atom. The van der Waals surface area contributed by atoms with E-state index in [2.05, 4.69) is 9.88 Å². The van der Waals surface area contributed by atoms with Crippen LogP contribution in [0.4, 0.5) is 0 Å². The van der Waals surface area contributed by atoms with Gasteiger partial charge in [-0.15, -0.1) is 0 Å². The molecule has 1 aromatic heterocycles. The first kappa shape index (κ1) is 28.7. The molecule has 4 aromatic rings. The monoisotopic (exact) mass is 540 g/mol. The number of hydrogen-bond acceptors (Lipinski definition) is 5. The number of amides is 1. The normalized spacial score (nSPS) is 11.1. The maximum Gasteiger partial charge on any atom is 0.337 e. The topological polar surface area (TPSA) is 94.5 Å². The number of nitrogens with zero attached hydrogens (tertiary/aromatic N) is 1. The zero-order valence-electron chi connectivity index (χ0n) is 23.4. The van der Waals surface area contributed by atoms with Gasteiger partial charge in [0.25, 0.3) is 0 Å². The number of carbonyl (C=O) groups is 4. The van der Waals surface area contributed by atoms with E-state index in [1.165, 1.54) is 7.11 Å². The van der Waals surface area contributed by atoms with E-state index < -0.39 is 0 Å². The van der Waals surface area contributed by atoms with Gasteiger partial charge in [-0.3, -0.25) is 14.4 Å². The van der Waals surface area contributed by atoms with E-state index in [0.29, 0.717) is 29.7 Å². The zero-order valence-corrected chi connectivity index (χ0v) is 23.4. The van der Waals surface area contributed by atoms with Gasteiger partial charge in [0.05, 0.1) is 12.7 Å². The molecule has 0 unspecified atom stereocenters. The van der Waals surface area contributed by atoms with Crippen LogP contribution in [0.3, 0.4) is 0 Å². The first-order chi connectivity index (χ1) is 19.3. The number of unbranched alkanes of at least 4 members (excludes halogenated alkanes) is 4. The van der Waals surface area contributed by atoms with Crippen LogP contribution in [0.5, 0.6) is 0 Å². The molecular formula is C33H36N2O5. The fourth-order valence-electron chi connectivity index (χ4n) is 5.03. The highest BCUT2D eigenvalue weighted by Crippen LogP contribution is 2.31. The summed E-state index contributed by atoms with van der Waals surface area (Å²) >= 11 is 0. The Morgan fingerprint density at radius 2 is 1.23 bits per heavy atom. The van der Waals surface area contributed by atoms with Crippen LogP contribution in [-0.4, -0.2) is 35.1 Å². The lowest BCUT2D eigenvalue weighted by Crippen LogP contribution is -2.22. The van der Waals surface area contributed by atoms with Crippen LogP contribution in [0.2, 0.25) is 0 Å². The molecule has 0 radical (unpaired) electrons. The summed E-state index contributed by atoms with van der Waals surface area (Å²) in [6, 6.07) is 18.6. The molecule has 0 aliphatic rings. The molecule has 0 spiro atoms. The summed E-state index contributed by atoms with van der Waals surface area (Å²) in [6.45, 7) is 4.41. The van der Waals surface area contributed by atoms with Crippen LogP contribution < -0.4 is 5.32 Å². The Labute approximate surface area is 234 Å². The number of carbonyl (C=O) groups excluding carboxylic acids is 4. The molecule has 1 N–H and O–H groups in total. The number of Topliss-reactive ketones (excluding diaryl/α,β-unsaturated/α-hetero) is 2. The number of ketones is 2. The lowest BCUT2D eigenvalue weighted by molar-refractivity contribution is -0.121. The van der Waals surface area contributed by atoms with Crippen LogP contribution in [0.15, 0.2) is 60.7 Å². The number of rotatable bonds is 13. The molecular weight excluding hydrogens is 504 g/mol. The summed E-state index contributed by atoms with van der Waals surface area (Å²) < 4.78 is 6.98. The van der Waals surface area contributed by atoms with E-state index >= 15 is 0 Å². The van der Waals surface area contributed by atoms with Crippen molar-refractivity contribution < 1.29 is 23.9 Å². The molecule has 208 valence electrons. The lowest BCUT2D eigenvalue weighted by Gasteiger charge is -2.09. The molecule has 0 bridgehead atoms. The van der Waals surface area contributed by atoms with Gasteiger partial charge in [-0.05, 0) is 80.8 Å². The van der Waals surface area contributed by atoms with E-state index in [9.17, 15) is 19.2 Å². The Kier molecular flexibility index (Phi) is 9.48. The second-order valence-corrected chi connectivity index (χ2v) is 10.2. The lowest BCUT2D eigenvalue weighted by atomic mass is 10.0. The van der Waals surface area contributed by atoms with E-state index in [1.807, 2.05) is 48.5 Å². The van der Waals surface area contributed by atoms with Crippen molar-refractivity contribution in [2.24, 2.45) is 0 Å². The largest absolute Gasteiger partial charge is 0.465 e. The number of esters is 1. The average molecular weight is 541 g/mol. The summed E-state index contributed by atoms with van der Waals surface area (Å²) in [5.74, 6) is -0.309. The second-order valence-electron chi connectivity index (χ2n) is 10.2. The average Bonchev–Trinajstić information content (AvgIpc) is 3.27.